The third-order valence-corrected chi connectivity index (χ3v) is 3.25. The van der Waals surface area contributed by atoms with Gasteiger partial charge in [-0.3, -0.25) is 4.79 Å². The molecule has 0 aliphatic carbocycles. The van der Waals surface area contributed by atoms with Crippen LogP contribution >= 0.6 is 23.2 Å². The predicted octanol–water partition coefficient (Wildman–Crippen LogP) is 3.53. The maximum absolute atomic E-state index is 12.0. The largest absolute Gasteiger partial charge is 0.397 e. The Balaban J connectivity index is 2.23. The normalized spacial score (nSPS) is 10.3. The summed E-state index contributed by atoms with van der Waals surface area (Å²) < 4.78 is 0. The highest BCUT2D eigenvalue weighted by Crippen LogP contribution is 2.23. The molecule has 1 aromatic carbocycles. The minimum absolute atomic E-state index is 0.307. The quantitative estimate of drug-likeness (QED) is 0.890. The van der Waals surface area contributed by atoms with Gasteiger partial charge in [-0.1, -0.05) is 23.2 Å². The van der Waals surface area contributed by atoms with Crippen molar-refractivity contribution in [3.8, 4) is 0 Å². The van der Waals surface area contributed by atoms with Gasteiger partial charge in [-0.2, -0.15) is 0 Å². The van der Waals surface area contributed by atoms with Gasteiger partial charge in [0.1, 0.15) is 5.82 Å². The molecule has 2 rings (SSSR count). The Morgan fingerprint density at radius 2 is 2.00 bits per heavy atom. The lowest BCUT2D eigenvalue weighted by Gasteiger charge is -2.08. The standard InChI is InChI=1S/C13H11Cl2N3O/c1-7-4-9(16)6-17-12(7)18-13(19)8-2-3-10(14)11(15)5-8/h2-6H,16H2,1H3,(H,17,18,19). The average molecular weight is 296 g/mol. The third-order valence-electron chi connectivity index (χ3n) is 2.51. The van der Waals surface area contributed by atoms with E-state index in [1.54, 1.807) is 18.2 Å². The number of pyridine rings is 1. The van der Waals surface area contributed by atoms with Gasteiger partial charge < -0.3 is 11.1 Å². The lowest BCUT2D eigenvalue weighted by atomic mass is 10.2. The number of halogens is 2. The minimum atomic E-state index is -0.307. The van der Waals surface area contributed by atoms with E-state index in [9.17, 15) is 4.79 Å². The fraction of sp³-hybridized carbons (Fsp3) is 0.0769. The van der Waals surface area contributed by atoms with Crippen LogP contribution < -0.4 is 11.1 Å². The second-order valence-electron chi connectivity index (χ2n) is 4.02. The van der Waals surface area contributed by atoms with Crippen molar-refractivity contribution in [2.45, 2.75) is 6.92 Å². The molecule has 0 fully saturated rings. The Morgan fingerprint density at radius 1 is 1.26 bits per heavy atom. The van der Waals surface area contributed by atoms with Crippen LogP contribution in [0, 0.1) is 6.92 Å². The first-order valence-electron chi connectivity index (χ1n) is 5.46. The summed E-state index contributed by atoms with van der Waals surface area (Å²) >= 11 is 11.7. The van der Waals surface area contributed by atoms with Gasteiger partial charge >= 0.3 is 0 Å². The predicted molar refractivity (Wildman–Crippen MR) is 77.8 cm³/mol. The molecule has 1 amide bonds. The number of rotatable bonds is 2. The summed E-state index contributed by atoms with van der Waals surface area (Å²) in [7, 11) is 0. The number of amides is 1. The molecule has 3 N–H and O–H groups in total. The van der Waals surface area contributed by atoms with Crippen LogP contribution in [0.25, 0.3) is 0 Å². The van der Waals surface area contributed by atoms with Gasteiger partial charge in [0, 0.05) is 5.56 Å². The summed E-state index contributed by atoms with van der Waals surface area (Å²) in [4.78, 5) is 16.1. The highest BCUT2D eigenvalue weighted by molar-refractivity contribution is 6.42. The van der Waals surface area contributed by atoms with Crippen LogP contribution in [0.1, 0.15) is 15.9 Å². The first-order valence-corrected chi connectivity index (χ1v) is 6.21. The average Bonchev–Trinajstić information content (AvgIpc) is 2.36. The molecule has 0 saturated carbocycles. The zero-order valence-electron chi connectivity index (χ0n) is 10.1. The molecular formula is C13H11Cl2N3O. The van der Waals surface area contributed by atoms with E-state index in [0.29, 0.717) is 27.1 Å². The fourth-order valence-electron chi connectivity index (χ4n) is 1.54. The number of aromatic nitrogens is 1. The summed E-state index contributed by atoms with van der Waals surface area (Å²) in [5.74, 6) is 0.157. The molecule has 2 aromatic rings. The number of nitrogen functional groups attached to an aromatic ring is 1. The number of nitrogens with zero attached hydrogens (tertiary/aromatic N) is 1. The maximum atomic E-state index is 12.0. The van der Waals surface area contributed by atoms with E-state index in [1.807, 2.05) is 6.92 Å². The molecule has 6 heteroatoms. The van der Waals surface area contributed by atoms with Crippen molar-refractivity contribution in [1.29, 1.82) is 0 Å². The van der Waals surface area contributed by atoms with Crippen LogP contribution in [0.5, 0.6) is 0 Å². The number of carbonyl (C=O) groups is 1. The smallest absolute Gasteiger partial charge is 0.256 e. The topological polar surface area (TPSA) is 68.0 Å². The highest BCUT2D eigenvalue weighted by atomic mass is 35.5. The van der Waals surface area contributed by atoms with Crippen molar-refractivity contribution < 1.29 is 4.79 Å². The number of hydrogen-bond acceptors (Lipinski definition) is 3. The second-order valence-corrected chi connectivity index (χ2v) is 4.83. The molecule has 1 aromatic heterocycles. The summed E-state index contributed by atoms with van der Waals surface area (Å²) in [5, 5.41) is 3.43. The van der Waals surface area contributed by atoms with Crippen LogP contribution in [0.2, 0.25) is 10.0 Å². The lowest BCUT2D eigenvalue weighted by molar-refractivity contribution is 0.102. The van der Waals surface area contributed by atoms with Crippen molar-refractivity contribution in [1.82, 2.24) is 4.98 Å². The van der Waals surface area contributed by atoms with E-state index in [4.69, 9.17) is 28.9 Å². The van der Waals surface area contributed by atoms with Crippen LogP contribution in [0.15, 0.2) is 30.5 Å². The van der Waals surface area contributed by atoms with E-state index in [1.165, 1.54) is 12.3 Å². The van der Waals surface area contributed by atoms with Gasteiger partial charge in [0.15, 0.2) is 0 Å². The lowest BCUT2D eigenvalue weighted by Crippen LogP contribution is -2.14. The zero-order chi connectivity index (χ0) is 14.0. The van der Waals surface area contributed by atoms with E-state index >= 15 is 0 Å². The number of benzene rings is 1. The van der Waals surface area contributed by atoms with Gasteiger partial charge in [0.2, 0.25) is 0 Å². The highest BCUT2D eigenvalue weighted by Gasteiger charge is 2.10. The van der Waals surface area contributed by atoms with E-state index in [0.717, 1.165) is 5.56 Å². The van der Waals surface area contributed by atoms with Crippen LogP contribution in [-0.4, -0.2) is 10.9 Å². The van der Waals surface area contributed by atoms with Crippen molar-refractivity contribution in [3.63, 3.8) is 0 Å². The molecule has 1 heterocycles. The van der Waals surface area contributed by atoms with Crippen molar-refractivity contribution >= 4 is 40.6 Å². The molecule has 19 heavy (non-hydrogen) atoms. The number of carbonyl (C=O) groups excluding carboxylic acids is 1. The Hall–Kier alpha value is -1.78. The molecule has 0 spiro atoms. The third kappa shape index (κ3) is 3.16. The van der Waals surface area contributed by atoms with Gasteiger partial charge in [-0.05, 0) is 36.8 Å². The maximum Gasteiger partial charge on any atom is 0.256 e. The fourth-order valence-corrected chi connectivity index (χ4v) is 1.84. The number of anilines is 2. The molecule has 0 unspecified atom stereocenters. The molecular weight excluding hydrogens is 285 g/mol. The number of hydrogen-bond donors (Lipinski definition) is 2. The molecule has 0 saturated heterocycles. The van der Waals surface area contributed by atoms with Gasteiger partial charge in [-0.15, -0.1) is 0 Å². The Labute approximate surface area is 120 Å². The molecule has 4 nitrogen and oxygen atoms in total. The first kappa shape index (κ1) is 13.6. The molecule has 0 aliphatic rings. The Kier molecular flexibility index (Phi) is 3.93. The van der Waals surface area contributed by atoms with Crippen LogP contribution in [0.3, 0.4) is 0 Å². The molecule has 0 bridgehead atoms. The molecule has 98 valence electrons. The van der Waals surface area contributed by atoms with Gasteiger partial charge in [0.25, 0.3) is 5.91 Å². The number of nitrogens with one attached hydrogen (secondary N) is 1. The second kappa shape index (κ2) is 5.47. The molecule has 0 aliphatic heterocycles. The SMILES string of the molecule is Cc1cc(N)cnc1NC(=O)c1ccc(Cl)c(Cl)c1. The Morgan fingerprint density at radius 3 is 2.63 bits per heavy atom. The van der Waals surface area contributed by atoms with E-state index in [2.05, 4.69) is 10.3 Å². The van der Waals surface area contributed by atoms with E-state index < -0.39 is 0 Å². The minimum Gasteiger partial charge on any atom is -0.397 e. The number of nitrogens with two attached hydrogens (primary N) is 1. The molecule has 0 atom stereocenters. The number of aryl methyl sites for hydroxylation is 1. The summed E-state index contributed by atoms with van der Waals surface area (Å²) in [6.07, 6.45) is 1.48. The van der Waals surface area contributed by atoms with Gasteiger partial charge in [0.05, 0.1) is 21.9 Å². The van der Waals surface area contributed by atoms with Crippen LogP contribution in [-0.2, 0) is 0 Å². The van der Waals surface area contributed by atoms with Crippen molar-refractivity contribution in [3.05, 3.63) is 51.6 Å². The van der Waals surface area contributed by atoms with Crippen molar-refractivity contribution in [2.24, 2.45) is 0 Å². The van der Waals surface area contributed by atoms with Crippen LogP contribution in [0.4, 0.5) is 11.5 Å². The first-order chi connectivity index (χ1) is 8.97. The molecule has 0 radical (unpaired) electrons. The zero-order valence-corrected chi connectivity index (χ0v) is 11.6. The summed E-state index contributed by atoms with van der Waals surface area (Å²) in [6, 6.07) is 6.40. The van der Waals surface area contributed by atoms with E-state index in [-0.39, 0.29) is 5.91 Å². The summed E-state index contributed by atoms with van der Waals surface area (Å²) in [5.41, 5.74) is 7.34. The van der Waals surface area contributed by atoms with Gasteiger partial charge in [-0.25, -0.2) is 4.98 Å². The van der Waals surface area contributed by atoms with Crippen molar-refractivity contribution in [2.75, 3.05) is 11.1 Å². The monoisotopic (exact) mass is 295 g/mol. The Bertz CT molecular complexity index is 644. The summed E-state index contributed by atoms with van der Waals surface area (Å²) in [6.45, 7) is 1.81.